The molecule has 6 heteroatoms. The number of carboxylic acids is 1. The zero-order chi connectivity index (χ0) is 16.8. The lowest BCUT2D eigenvalue weighted by atomic mass is 9.95. The zero-order valence-corrected chi connectivity index (χ0v) is 14.2. The van der Waals surface area contributed by atoms with Gasteiger partial charge in [0, 0.05) is 10.4 Å². The van der Waals surface area contributed by atoms with Gasteiger partial charge in [0.1, 0.15) is 10.6 Å². The van der Waals surface area contributed by atoms with Crippen molar-refractivity contribution in [2.24, 2.45) is 0 Å². The Kier molecular flexibility index (Phi) is 3.42. The van der Waals surface area contributed by atoms with Crippen molar-refractivity contribution in [2.45, 2.75) is 19.8 Å². The molecule has 0 amide bonds. The quantitative estimate of drug-likeness (QED) is 0.789. The Bertz CT molecular complexity index is 938. The number of fused-ring (bicyclic) bond motifs is 3. The van der Waals surface area contributed by atoms with Gasteiger partial charge in [-0.05, 0) is 55.7 Å². The lowest BCUT2D eigenvalue weighted by Gasteiger charge is -2.15. The molecule has 24 heavy (non-hydrogen) atoms. The summed E-state index contributed by atoms with van der Waals surface area (Å²) in [5.74, 6) is -0.0562. The second kappa shape index (κ2) is 5.49. The molecule has 0 spiro atoms. The van der Waals surface area contributed by atoms with Gasteiger partial charge in [0.2, 0.25) is 0 Å². The highest BCUT2D eigenvalue weighted by molar-refractivity contribution is 7.17. The predicted octanol–water partition coefficient (Wildman–Crippen LogP) is 3.71. The lowest BCUT2D eigenvalue weighted by molar-refractivity contribution is 0.0702. The third-order valence-electron chi connectivity index (χ3n) is 4.35. The number of aryl methyl sites for hydroxylation is 2. The van der Waals surface area contributed by atoms with Gasteiger partial charge < -0.3 is 9.84 Å². The van der Waals surface area contributed by atoms with Gasteiger partial charge in [0.25, 0.3) is 0 Å². The third kappa shape index (κ3) is 2.22. The molecular weight excluding hydrogens is 324 g/mol. The number of methoxy groups -OCH3 is 1. The first kappa shape index (κ1) is 15.0. The van der Waals surface area contributed by atoms with E-state index in [1.54, 1.807) is 13.2 Å². The summed E-state index contributed by atoms with van der Waals surface area (Å²) in [7, 11) is 1.65. The molecule has 2 aromatic heterocycles. The van der Waals surface area contributed by atoms with Gasteiger partial charge >= 0.3 is 5.97 Å². The normalized spacial score (nSPS) is 12.6. The number of carboxylic acid groups (broad SMARTS) is 1. The third-order valence-corrected chi connectivity index (χ3v) is 5.53. The van der Waals surface area contributed by atoms with Crippen LogP contribution in [0, 0.1) is 6.92 Å². The number of nitrogens with zero attached hydrogens (tertiary/aromatic N) is 2. The van der Waals surface area contributed by atoms with Gasteiger partial charge in [0.15, 0.2) is 0 Å². The molecule has 0 fully saturated rings. The monoisotopic (exact) mass is 340 g/mol. The topological polar surface area (TPSA) is 64.4 Å². The van der Waals surface area contributed by atoms with Gasteiger partial charge in [-0.15, -0.1) is 11.3 Å². The SMILES string of the molecule is COc1ccc(-n2nc(C)c3c2CCc2cc(C(=O)O)sc2-3)cc1. The number of carbonyl (C=O) groups is 1. The maximum absolute atomic E-state index is 11.3. The van der Waals surface area contributed by atoms with Crippen molar-refractivity contribution in [3.63, 3.8) is 0 Å². The second-order valence-electron chi connectivity index (χ2n) is 5.79. The highest BCUT2D eigenvalue weighted by Gasteiger charge is 2.27. The number of benzene rings is 1. The number of aromatic carboxylic acids is 1. The molecule has 5 nitrogen and oxygen atoms in total. The summed E-state index contributed by atoms with van der Waals surface area (Å²) in [4.78, 5) is 12.7. The summed E-state index contributed by atoms with van der Waals surface area (Å²) in [6.07, 6.45) is 1.69. The fourth-order valence-corrected chi connectivity index (χ4v) is 4.39. The van der Waals surface area contributed by atoms with E-state index in [1.807, 2.05) is 35.9 Å². The maximum atomic E-state index is 11.3. The van der Waals surface area contributed by atoms with Crippen LogP contribution in [-0.2, 0) is 12.8 Å². The Morgan fingerprint density at radius 3 is 2.71 bits per heavy atom. The van der Waals surface area contributed by atoms with Crippen molar-refractivity contribution in [2.75, 3.05) is 7.11 Å². The van der Waals surface area contributed by atoms with Crippen molar-refractivity contribution in [3.8, 4) is 21.9 Å². The van der Waals surface area contributed by atoms with Crippen LogP contribution >= 0.6 is 11.3 Å². The standard InChI is InChI=1S/C18H16N2O3S/c1-10-16-14(8-3-11-9-15(18(21)22)24-17(11)16)20(19-10)12-4-6-13(23-2)7-5-12/h4-7,9H,3,8H2,1-2H3,(H,21,22). The second-order valence-corrected chi connectivity index (χ2v) is 6.84. The number of ether oxygens (including phenoxy) is 1. The average molecular weight is 340 g/mol. The molecular formula is C18H16N2O3S. The van der Waals surface area contributed by atoms with E-state index in [-0.39, 0.29) is 0 Å². The average Bonchev–Trinajstić information content (AvgIpc) is 3.16. The van der Waals surface area contributed by atoms with Crippen molar-refractivity contribution in [1.29, 1.82) is 0 Å². The van der Waals surface area contributed by atoms with E-state index >= 15 is 0 Å². The Hall–Kier alpha value is -2.60. The molecule has 2 heterocycles. The van der Waals surface area contributed by atoms with Crippen molar-refractivity contribution in [3.05, 3.63) is 52.2 Å². The van der Waals surface area contributed by atoms with Crippen LogP contribution in [0.25, 0.3) is 16.1 Å². The van der Waals surface area contributed by atoms with Crippen molar-refractivity contribution >= 4 is 17.3 Å². The van der Waals surface area contributed by atoms with Crippen LogP contribution in [0.1, 0.15) is 26.6 Å². The van der Waals surface area contributed by atoms with E-state index in [0.717, 1.165) is 51.7 Å². The number of hydrogen-bond acceptors (Lipinski definition) is 4. The first-order valence-electron chi connectivity index (χ1n) is 7.67. The van der Waals surface area contributed by atoms with Gasteiger partial charge in [-0.3, -0.25) is 0 Å². The molecule has 1 aliphatic carbocycles. The molecule has 0 aliphatic heterocycles. The highest BCUT2D eigenvalue weighted by Crippen LogP contribution is 2.42. The molecule has 0 unspecified atom stereocenters. The van der Waals surface area contributed by atoms with Crippen LogP contribution in [0.2, 0.25) is 0 Å². The van der Waals surface area contributed by atoms with E-state index in [0.29, 0.717) is 4.88 Å². The van der Waals surface area contributed by atoms with Crippen LogP contribution in [0.3, 0.4) is 0 Å². The summed E-state index contributed by atoms with van der Waals surface area (Å²) in [6, 6.07) is 9.60. The van der Waals surface area contributed by atoms with Gasteiger partial charge in [-0.25, -0.2) is 9.48 Å². The van der Waals surface area contributed by atoms with Crippen molar-refractivity contribution in [1.82, 2.24) is 9.78 Å². The zero-order valence-electron chi connectivity index (χ0n) is 13.4. The summed E-state index contributed by atoms with van der Waals surface area (Å²) >= 11 is 1.34. The first-order chi connectivity index (χ1) is 11.6. The number of thiophene rings is 1. The summed E-state index contributed by atoms with van der Waals surface area (Å²) in [6.45, 7) is 1.98. The minimum absolute atomic E-state index is 0.393. The molecule has 0 saturated carbocycles. The molecule has 0 radical (unpaired) electrons. The summed E-state index contributed by atoms with van der Waals surface area (Å²) < 4.78 is 7.18. The number of rotatable bonds is 3. The van der Waals surface area contributed by atoms with E-state index in [4.69, 9.17) is 9.84 Å². The summed E-state index contributed by atoms with van der Waals surface area (Å²) in [5.41, 5.74) is 5.26. The molecule has 1 aromatic carbocycles. The molecule has 0 saturated heterocycles. The lowest BCUT2D eigenvalue weighted by Crippen LogP contribution is -2.07. The smallest absolute Gasteiger partial charge is 0.345 e. The Balaban J connectivity index is 1.85. The van der Waals surface area contributed by atoms with Crippen LogP contribution in [0.5, 0.6) is 5.75 Å². The molecule has 4 rings (SSSR count). The Labute approximate surface area is 143 Å². The summed E-state index contributed by atoms with van der Waals surface area (Å²) in [5, 5.41) is 14.0. The van der Waals surface area contributed by atoms with Crippen LogP contribution < -0.4 is 4.74 Å². The van der Waals surface area contributed by atoms with Gasteiger partial charge in [-0.1, -0.05) is 0 Å². The minimum Gasteiger partial charge on any atom is -0.497 e. The molecule has 3 aromatic rings. The Morgan fingerprint density at radius 1 is 1.29 bits per heavy atom. The Morgan fingerprint density at radius 2 is 2.04 bits per heavy atom. The van der Waals surface area contributed by atoms with E-state index in [1.165, 1.54) is 11.3 Å². The fourth-order valence-electron chi connectivity index (χ4n) is 3.22. The van der Waals surface area contributed by atoms with E-state index < -0.39 is 5.97 Å². The maximum Gasteiger partial charge on any atom is 0.345 e. The fraction of sp³-hybridized carbons (Fsp3) is 0.222. The number of hydrogen-bond donors (Lipinski definition) is 1. The van der Waals surface area contributed by atoms with Crippen LogP contribution in [0.15, 0.2) is 30.3 Å². The van der Waals surface area contributed by atoms with Gasteiger partial charge in [0.05, 0.1) is 24.2 Å². The molecule has 0 bridgehead atoms. The van der Waals surface area contributed by atoms with Crippen LogP contribution in [-0.4, -0.2) is 28.0 Å². The molecule has 1 N–H and O–H groups in total. The molecule has 1 aliphatic rings. The van der Waals surface area contributed by atoms with Crippen LogP contribution in [0.4, 0.5) is 0 Å². The minimum atomic E-state index is -0.865. The van der Waals surface area contributed by atoms with Gasteiger partial charge in [-0.2, -0.15) is 5.10 Å². The number of aromatic nitrogens is 2. The first-order valence-corrected chi connectivity index (χ1v) is 8.49. The molecule has 122 valence electrons. The van der Waals surface area contributed by atoms with E-state index in [9.17, 15) is 9.90 Å². The highest BCUT2D eigenvalue weighted by atomic mass is 32.1. The van der Waals surface area contributed by atoms with Crippen molar-refractivity contribution < 1.29 is 14.6 Å². The predicted molar refractivity (Wildman–Crippen MR) is 92.5 cm³/mol. The molecule has 0 atom stereocenters. The largest absolute Gasteiger partial charge is 0.497 e. The van der Waals surface area contributed by atoms with E-state index in [2.05, 4.69) is 0 Å².